The van der Waals surface area contributed by atoms with E-state index in [1.807, 2.05) is 0 Å². The molecule has 0 aromatic rings. The van der Waals surface area contributed by atoms with Crippen LogP contribution in [0.4, 0.5) is 0 Å². The minimum absolute atomic E-state index is 0.540. The van der Waals surface area contributed by atoms with Gasteiger partial charge in [-0.05, 0) is 38.0 Å². The van der Waals surface area contributed by atoms with Gasteiger partial charge in [-0.25, -0.2) is 0 Å². The van der Waals surface area contributed by atoms with Crippen LogP contribution in [0.1, 0.15) is 53.9 Å². The molecule has 0 amide bonds. The highest BCUT2D eigenvalue weighted by atomic mass is 15.3. The van der Waals surface area contributed by atoms with Gasteiger partial charge >= 0.3 is 0 Å². The van der Waals surface area contributed by atoms with Crippen molar-refractivity contribution in [2.45, 2.75) is 66.0 Å². The van der Waals surface area contributed by atoms with Crippen molar-refractivity contribution < 1.29 is 0 Å². The van der Waals surface area contributed by atoms with E-state index >= 15 is 0 Å². The summed E-state index contributed by atoms with van der Waals surface area (Å²) in [7, 11) is 0. The molecule has 1 saturated carbocycles. The van der Waals surface area contributed by atoms with Crippen molar-refractivity contribution >= 4 is 0 Å². The van der Waals surface area contributed by atoms with E-state index in [4.69, 9.17) is 0 Å². The summed E-state index contributed by atoms with van der Waals surface area (Å²) in [6.07, 6.45) is 4.26. The molecule has 1 aliphatic carbocycles. The number of piperazine rings is 1. The van der Waals surface area contributed by atoms with Crippen LogP contribution in [0.25, 0.3) is 0 Å². The predicted octanol–water partition coefficient (Wildman–Crippen LogP) is 3.23. The van der Waals surface area contributed by atoms with Gasteiger partial charge in [0.25, 0.3) is 0 Å². The maximum absolute atomic E-state index is 2.78. The Bertz CT molecular complexity index is 264. The van der Waals surface area contributed by atoms with Gasteiger partial charge in [0.1, 0.15) is 0 Å². The lowest BCUT2D eigenvalue weighted by Crippen LogP contribution is -2.56. The first-order valence-corrected chi connectivity index (χ1v) is 7.90. The highest BCUT2D eigenvalue weighted by molar-refractivity contribution is 4.92. The Morgan fingerprint density at radius 2 is 1.67 bits per heavy atom. The zero-order chi connectivity index (χ0) is 13.3. The molecule has 2 aliphatic rings. The van der Waals surface area contributed by atoms with Crippen molar-refractivity contribution in [2.24, 2.45) is 11.3 Å². The number of hydrogen-bond acceptors (Lipinski definition) is 2. The molecular formula is C16H32N2. The van der Waals surface area contributed by atoms with Crippen LogP contribution in [0, 0.1) is 11.3 Å². The van der Waals surface area contributed by atoms with Gasteiger partial charge in [0, 0.05) is 38.3 Å². The fourth-order valence-electron chi connectivity index (χ4n) is 3.85. The molecule has 2 heteroatoms. The largest absolute Gasteiger partial charge is 0.298 e. The minimum atomic E-state index is 0.540. The first kappa shape index (κ1) is 14.3. The Labute approximate surface area is 114 Å². The Morgan fingerprint density at radius 1 is 1.06 bits per heavy atom. The van der Waals surface area contributed by atoms with Gasteiger partial charge < -0.3 is 0 Å². The standard InChI is InChI=1S/C16H32N2/c1-13(2)17-9-11-18(12-10-17)15-7-6-8-16(4,5)14(15)3/h13-15H,6-12H2,1-5H3/t14-,15+/m1/s1. The molecule has 0 N–H and O–H groups in total. The summed E-state index contributed by atoms with van der Waals surface area (Å²) in [6, 6.07) is 1.55. The Balaban J connectivity index is 1.93. The van der Waals surface area contributed by atoms with Crippen LogP contribution in [0.3, 0.4) is 0 Å². The van der Waals surface area contributed by atoms with E-state index in [-0.39, 0.29) is 0 Å². The molecule has 0 aromatic carbocycles. The molecule has 2 fully saturated rings. The Kier molecular flexibility index (Phi) is 4.38. The molecule has 1 heterocycles. The second kappa shape index (κ2) is 5.50. The average Bonchev–Trinajstić information content (AvgIpc) is 2.33. The van der Waals surface area contributed by atoms with E-state index < -0.39 is 0 Å². The van der Waals surface area contributed by atoms with E-state index in [9.17, 15) is 0 Å². The fourth-order valence-corrected chi connectivity index (χ4v) is 3.85. The molecule has 106 valence electrons. The minimum Gasteiger partial charge on any atom is -0.298 e. The first-order valence-electron chi connectivity index (χ1n) is 7.90. The number of hydrogen-bond donors (Lipinski definition) is 0. The van der Waals surface area contributed by atoms with Crippen molar-refractivity contribution in [1.82, 2.24) is 9.80 Å². The zero-order valence-electron chi connectivity index (χ0n) is 13.1. The van der Waals surface area contributed by atoms with E-state index in [1.165, 1.54) is 45.4 Å². The van der Waals surface area contributed by atoms with E-state index in [2.05, 4.69) is 44.4 Å². The van der Waals surface area contributed by atoms with Crippen molar-refractivity contribution in [2.75, 3.05) is 26.2 Å². The van der Waals surface area contributed by atoms with Gasteiger partial charge in [-0.3, -0.25) is 9.80 Å². The molecule has 2 rings (SSSR count). The highest BCUT2D eigenvalue weighted by Gasteiger charge is 2.39. The SMILES string of the molecule is CC(C)N1CCN([C@H]2CCCC(C)(C)[C@@H]2C)CC1. The van der Waals surface area contributed by atoms with Crippen LogP contribution in [0.15, 0.2) is 0 Å². The zero-order valence-corrected chi connectivity index (χ0v) is 13.1. The number of rotatable bonds is 2. The van der Waals surface area contributed by atoms with Crippen molar-refractivity contribution in [3.05, 3.63) is 0 Å². The third-order valence-corrected chi connectivity index (χ3v) is 5.68. The monoisotopic (exact) mass is 252 g/mol. The molecule has 2 nitrogen and oxygen atoms in total. The molecule has 18 heavy (non-hydrogen) atoms. The number of nitrogens with zero attached hydrogens (tertiary/aromatic N) is 2. The third-order valence-electron chi connectivity index (χ3n) is 5.68. The predicted molar refractivity (Wildman–Crippen MR) is 78.9 cm³/mol. The van der Waals surface area contributed by atoms with Gasteiger partial charge in [-0.2, -0.15) is 0 Å². The van der Waals surface area contributed by atoms with Crippen LogP contribution in [0.2, 0.25) is 0 Å². The molecular weight excluding hydrogens is 220 g/mol. The summed E-state index contributed by atoms with van der Waals surface area (Å²) in [5.41, 5.74) is 0.540. The van der Waals surface area contributed by atoms with Gasteiger partial charge in [0.15, 0.2) is 0 Å². The molecule has 1 aliphatic heterocycles. The normalized spacial score (nSPS) is 35.0. The average molecular weight is 252 g/mol. The Morgan fingerprint density at radius 3 is 2.22 bits per heavy atom. The summed E-state index contributed by atoms with van der Waals surface area (Å²) in [5.74, 6) is 0.844. The highest BCUT2D eigenvalue weighted by Crippen LogP contribution is 2.42. The lowest BCUT2D eigenvalue weighted by Gasteiger charge is -2.49. The van der Waals surface area contributed by atoms with E-state index in [1.54, 1.807) is 0 Å². The maximum atomic E-state index is 2.78. The third kappa shape index (κ3) is 2.91. The lowest BCUT2D eigenvalue weighted by atomic mass is 9.67. The quantitative estimate of drug-likeness (QED) is 0.744. The van der Waals surface area contributed by atoms with Crippen LogP contribution in [-0.2, 0) is 0 Å². The molecule has 0 unspecified atom stereocenters. The lowest BCUT2D eigenvalue weighted by molar-refractivity contribution is -0.000543. The van der Waals surface area contributed by atoms with Gasteiger partial charge in [-0.1, -0.05) is 27.2 Å². The summed E-state index contributed by atoms with van der Waals surface area (Å²) in [4.78, 5) is 5.40. The fraction of sp³-hybridized carbons (Fsp3) is 1.00. The summed E-state index contributed by atoms with van der Waals surface area (Å²) >= 11 is 0. The summed E-state index contributed by atoms with van der Waals surface area (Å²) in [6.45, 7) is 17.2. The van der Waals surface area contributed by atoms with Crippen LogP contribution < -0.4 is 0 Å². The van der Waals surface area contributed by atoms with E-state index in [0.29, 0.717) is 11.5 Å². The first-order chi connectivity index (χ1) is 8.42. The second-order valence-corrected chi connectivity index (χ2v) is 7.40. The second-order valence-electron chi connectivity index (χ2n) is 7.40. The molecule has 0 aromatic heterocycles. The Hall–Kier alpha value is -0.0800. The van der Waals surface area contributed by atoms with Crippen LogP contribution >= 0.6 is 0 Å². The van der Waals surface area contributed by atoms with Gasteiger partial charge in [0.05, 0.1) is 0 Å². The summed E-state index contributed by atoms with van der Waals surface area (Å²) < 4.78 is 0. The molecule has 0 radical (unpaired) electrons. The summed E-state index contributed by atoms with van der Waals surface area (Å²) in [5, 5.41) is 0. The van der Waals surface area contributed by atoms with Crippen molar-refractivity contribution in [3.63, 3.8) is 0 Å². The smallest absolute Gasteiger partial charge is 0.0127 e. The van der Waals surface area contributed by atoms with Crippen molar-refractivity contribution in [1.29, 1.82) is 0 Å². The van der Waals surface area contributed by atoms with Gasteiger partial charge in [0.2, 0.25) is 0 Å². The molecule has 0 bridgehead atoms. The van der Waals surface area contributed by atoms with E-state index in [0.717, 1.165) is 12.0 Å². The van der Waals surface area contributed by atoms with Crippen LogP contribution in [-0.4, -0.2) is 48.1 Å². The molecule has 0 spiro atoms. The van der Waals surface area contributed by atoms with Gasteiger partial charge in [-0.15, -0.1) is 0 Å². The maximum Gasteiger partial charge on any atom is 0.0127 e. The topological polar surface area (TPSA) is 6.48 Å². The van der Waals surface area contributed by atoms with Crippen LogP contribution in [0.5, 0.6) is 0 Å². The molecule has 2 atom stereocenters. The molecule has 1 saturated heterocycles. The van der Waals surface area contributed by atoms with Crippen molar-refractivity contribution in [3.8, 4) is 0 Å².